The molecule has 1 aromatic heterocycles. The lowest BCUT2D eigenvalue weighted by Crippen LogP contribution is -2.38. The number of benzene rings is 3. The average molecular weight is 472 g/mol. The molecule has 0 unspecified atom stereocenters. The molecule has 0 radical (unpaired) electrons. The molecule has 0 N–H and O–H groups in total. The molecule has 1 fully saturated rings. The maximum atomic E-state index is 6.44. The van der Waals surface area contributed by atoms with Crippen LogP contribution in [0, 0.1) is 0 Å². The van der Waals surface area contributed by atoms with Crippen LogP contribution in [0.1, 0.15) is 22.9 Å². The summed E-state index contributed by atoms with van der Waals surface area (Å²) in [7, 11) is 0. The zero-order valence-corrected chi connectivity index (χ0v) is 19.4. The lowest BCUT2D eigenvalue weighted by molar-refractivity contribution is -0.0933. The summed E-state index contributed by atoms with van der Waals surface area (Å²) in [6.45, 7) is 1.74. The maximum Gasteiger partial charge on any atom is 0.181 e. The number of rotatable bonds is 11. The van der Waals surface area contributed by atoms with E-state index in [2.05, 4.69) is 10.1 Å². The van der Waals surface area contributed by atoms with Crippen molar-refractivity contribution in [1.82, 2.24) is 14.8 Å². The van der Waals surface area contributed by atoms with E-state index >= 15 is 0 Å². The van der Waals surface area contributed by atoms with Crippen molar-refractivity contribution in [2.24, 2.45) is 0 Å². The second-order valence-corrected chi connectivity index (χ2v) is 8.46. The number of nitrogens with zero attached hydrogens (tertiary/aromatic N) is 3. The zero-order chi connectivity index (χ0) is 23.7. The predicted molar refractivity (Wildman–Crippen MR) is 130 cm³/mol. The van der Waals surface area contributed by atoms with Gasteiger partial charge >= 0.3 is 0 Å². The van der Waals surface area contributed by atoms with E-state index < -0.39 is 12.3 Å². The SMILES string of the molecule is c1ccc(COC[C@H]2O[C@H](n3cncn3)[C@@H](OCc3ccccc3)[C@@H]2OCc2ccccc2)cc1. The molecule has 1 aliphatic rings. The van der Waals surface area contributed by atoms with E-state index in [1.54, 1.807) is 11.0 Å². The molecule has 0 bridgehead atoms. The van der Waals surface area contributed by atoms with Gasteiger partial charge in [-0.25, -0.2) is 9.67 Å². The van der Waals surface area contributed by atoms with Gasteiger partial charge in [0.05, 0.1) is 26.4 Å². The molecule has 4 aromatic rings. The molecule has 0 amide bonds. The van der Waals surface area contributed by atoms with Crippen molar-refractivity contribution in [3.63, 3.8) is 0 Å². The van der Waals surface area contributed by atoms with Crippen LogP contribution in [0.2, 0.25) is 0 Å². The second-order valence-electron chi connectivity index (χ2n) is 8.46. The van der Waals surface area contributed by atoms with Gasteiger partial charge in [0, 0.05) is 0 Å². The van der Waals surface area contributed by atoms with Gasteiger partial charge in [-0.3, -0.25) is 0 Å². The fourth-order valence-electron chi connectivity index (χ4n) is 4.18. The van der Waals surface area contributed by atoms with Crippen molar-refractivity contribution in [1.29, 1.82) is 0 Å². The summed E-state index contributed by atoms with van der Waals surface area (Å²) in [6.07, 6.45) is 1.57. The van der Waals surface area contributed by atoms with Gasteiger partial charge in [-0.15, -0.1) is 0 Å². The molecule has 0 saturated carbocycles. The highest BCUT2D eigenvalue weighted by molar-refractivity contribution is 5.15. The molecule has 7 nitrogen and oxygen atoms in total. The summed E-state index contributed by atoms with van der Waals surface area (Å²) in [6, 6.07) is 30.3. The van der Waals surface area contributed by atoms with Crippen LogP contribution in [0.15, 0.2) is 104 Å². The highest BCUT2D eigenvalue weighted by Crippen LogP contribution is 2.34. The summed E-state index contributed by atoms with van der Waals surface area (Å²) in [5.41, 5.74) is 3.27. The van der Waals surface area contributed by atoms with Crippen molar-refractivity contribution < 1.29 is 18.9 Å². The van der Waals surface area contributed by atoms with Crippen LogP contribution in [0.3, 0.4) is 0 Å². The largest absolute Gasteiger partial charge is 0.374 e. The van der Waals surface area contributed by atoms with E-state index in [0.29, 0.717) is 26.4 Å². The summed E-state index contributed by atoms with van der Waals surface area (Å²) >= 11 is 0. The first-order valence-electron chi connectivity index (χ1n) is 11.8. The highest BCUT2D eigenvalue weighted by Gasteiger charge is 2.48. The standard InChI is InChI=1S/C28H29N3O4/c1-4-10-22(11-5-1)16-32-19-25-26(33-17-23-12-6-2-7-13-23)27(28(35-25)31-21-29-20-30-31)34-18-24-14-8-3-9-15-24/h1-15,20-21,25-28H,16-19H2/t25-,26-,27+,28+/m1/s1. The third-order valence-corrected chi connectivity index (χ3v) is 5.95. The summed E-state index contributed by atoms with van der Waals surface area (Å²) in [4.78, 5) is 4.11. The summed E-state index contributed by atoms with van der Waals surface area (Å²) in [5, 5.41) is 4.32. The minimum Gasteiger partial charge on any atom is -0.374 e. The fourth-order valence-corrected chi connectivity index (χ4v) is 4.18. The number of aromatic nitrogens is 3. The van der Waals surface area contributed by atoms with Gasteiger partial charge in [-0.1, -0.05) is 91.0 Å². The van der Waals surface area contributed by atoms with Crippen LogP contribution >= 0.6 is 0 Å². The Bertz CT molecular complexity index is 1130. The van der Waals surface area contributed by atoms with Gasteiger partial charge in [0.15, 0.2) is 6.23 Å². The second kappa shape index (κ2) is 11.9. The van der Waals surface area contributed by atoms with Gasteiger partial charge in [0.2, 0.25) is 0 Å². The van der Waals surface area contributed by atoms with Crippen molar-refractivity contribution in [3.05, 3.63) is 120 Å². The molecular weight excluding hydrogens is 442 g/mol. The van der Waals surface area contributed by atoms with Crippen molar-refractivity contribution in [2.75, 3.05) is 6.61 Å². The van der Waals surface area contributed by atoms with E-state index in [-0.39, 0.29) is 12.2 Å². The molecule has 180 valence electrons. The molecule has 7 heteroatoms. The first-order valence-corrected chi connectivity index (χ1v) is 11.8. The Morgan fingerprint density at radius 1 is 0.686 bits per heavy atom. The van der Waals surface area contributed by atoms with Crippen LogP contribution in [0.25, 0.3) is 0 Å². The molecule has 3 aromatic carbocycles. The lowest BCUT2D eigenvalue weighted by Gasteiger charge is -2.25. The van der Waals surface area contributed by atoms with Crippen molar-refractivity contribution in [2.45, 2.75) is 44.4 Å². The molecule has 0 spiro atoms. The Balaban J connectivity index is 1.33. The molecule has 0 aliphatic carbocycles. The van der Waals surface area contributed by atoms with Gasteiger partial charge in [-0.2, -0.15) is 5.10 Å². The van der Waals surface area contributed by atoms with Crippen molar-refractivity contribution >= 4 is 0 Å². The molecule has 5 rings (SSSR count). The van der Waals surface area contributed by atoms with Crippen molar-refractivity contribution in [3.8, 4) is 0 Å². The summed E-state index contributed by atoms with van der Waals surface area (Å²) in [5.74, 6) is 0. The van der Waals surface area contributed by atoms with Crippen LogP contribution in [-0.4, -0.2) is 39.7 Å². The molecule has 1 saturated heterocycles. The van der Waals surface area contributed by atoms with E-state index in [9.17, 15) is 0 Å². The van der Waals surface area contributed by atoms with Gasteiger partial charge in [0.25, 0.3) is 0 Å². The van der Waals surface area contributed by atoms with E-state index in [4.69, 9.17) is 18.9 Å². The lowest BCUT2D eigenvalue weighted by atomic mass is 10.1. The highest BCUT2D eigenvalue weighted by atomic mass is 16.6. The first-order chi connectivity index (χ1) is 17.4. The molecule has 4 atom stereocenters. The Labute approximate surface area is 205 Å². The fraction of sp³-hybridized carbons (Fsp3) is 0.286. The number of hydrogen-bond acceptors (Lipinski definition) is 6. The van der Waals surface area contributed by atoms with Crippen LogP contribution in [0.5, 0.6) is 0 Å². The van der Waals surface area contributed by atoms with Gasteiger partial charge in [-0.05, 0) is 16.7 Å². The minimum atomic E-state index is -0.479. The molecule has 1 aliphatic heterocycles. The Kier molecular flexibility index (Phi) is 7.92. The Hall–Kier alpha value is -3.36. The van der Waals surface area contributed by atoms with Gasteiger partial charge in [0.1, 0.15) is 31.0 Å². The smallest absolute Gasteiger partial charge is 0.181 e. The van der Waals surface area contributed by atoms with E-state index in [1.807, 2.05) is 91.0 Å². The monoisotopic (exact) mass is 471 g/mol. The molecule has 2 heterocycles. The predicted octanol–water partition coefficient (Wildman–Crippen LogP) is 4.56. The normalized spacial score (nSPS) is 21.8. The molecule has 35 heavy (non-hydrogen) atoms. The van der Waals surface area contributed by atoms with Crippen LogP contribution in [-0.2, 0) is 38.8 Å². The van der Waals surface area contributed by atoms with Crippen LogP contribution in [0.4, 0.5) is 0 Å². The third kappa shape index (κ3) is 6.21. The van der Waals surface area contributed by atoms with Gasteiger partial charge < -0.3 is 18.9 Å². The average Bonchev–Trinajstić information content (AvgIpc) is 3.56. The zero-order valence-electron chi connectivity index (χ0n) is 19.4. The minimum absolute atomic E-state index is 0.336. The maximum absolute atomic E-state index is 6.44. The Morgan fingerprint density at radius 2 is 1.23 bits per heavy atom. The molecular formula is C28H29N3O4. The van der Waals surface area contributed by atoms with E-state index in [1.165, 1.54) is 6.33 Å². The summed E-state index contributed by atoms with van der Waals surface area (Å²) < 4.78 is 27.0. The third-order valence-electron chi connectivity index (χ3n) is 5.95. The van der Waals surface area contributed by atoms with E-state index in [0.717, 1.165) is 16.7 Å². The topological polar surface area (TPSA) is 67.6 Å². The first kappa shape index (κ1) is 23.4. The van der Waals surface area contributed by atoms with Crippen LogP contribution < -0.4 is 0 Å². The number of ether oxygens (including phenoxy) is 4. The Morgan fingerprint density at radius 3 is 1.77 bits per heavy atom. The number of hydrogen-bond donors (Lipinski definition) is 0. The quantitative estimate of drug-likeness (QED) is 0.319.